The molecule has 2 heterocycles. The molecule has 78 heavy (non-hydrogen) atoms. The maximum atomic E-state index is 9.89. The highest BCUT2D eigenvalue weighted by molar-refractivity contribution is 7.19. The fourth-order valence-electron chi connectivity index (χ4n) is 11.2. The van der Waals surface area contributed by atoms with Gasteiger partial charge in [0, 0.05) is 33.2 Å². The summed E-state index contributed by atoms with van der Waals surface area (Å²) in [5, 5.41) is 17.1. The van der Waals surface area contributed by atoms with Gasteiger partial charge in [-0.15, -0.1) is 0 Å². The number of benzene rings is 11. The highest BCUT2D eigenvalue weighted by Gasteiger charge is 2.41. The van der Waals surface area contributed by atoms with Crippen LogP contribution >= 0.6 is 0 Å². The maximum Gasteiger partial charge on any atom is 0.187 e. The van der Waals surface area contributed by atoms with Gasteiger partial charge in [0.25, 0.3) is 0 Å². The Morgan fingerprint density at radius 3 is 1.35 bits per heavy atom. The Morgan fingerprint density at radius 2 is 0.808 bits per heavy atom. The van der Waals surface area contributed by atoms with Gasteiger partial charge in [-0.25, -0.2) is 19.8 Å². The van der Waals surface area contributed by atoms with Crippen molar-refractivity contribution in [1.29, 1.82) is 5.26 Å². The molecule has 0 spiro atoms. The molecular formula is C71H46N6Si. The second-order valence-corrected chi connectivity index (χ2v) is 23.2. The summed E-state index contributed by atoms with van der Waals surface area (Å²) in [6.45, 7) is 7.78. The van der Waals surface area contributed by atoms with Crippen LogP contribution < -0.4 is 20.7 Å². The Hall–Kier alpha value is -10.6. The minimum Gasteiger partial charge on any atom is -0.309 e. The van der Waals surface area contributed by atoms with Crippen molar-refractivity contribution in [2.45, 2.75) is 0 Å². The zero-order valence-electron chi connectivity index (χ0n) is 42.2. The summed E-state index contributed by atoms with van der Waals surface area (Å²) in [6, 6.07) is 100. The van der Waals surface area contributed by atoms with Crippen LogP contribution in [0.15, 0.2) is 279 Å². The molecule has 0 radical (unpaired) electrons. The molecule has 0 aliphatic rings. The molecule has 0 unspecified atom stereocenters. The highest BCUT2D eigenvalue weighted by atomic mass is 28.3. The van der Waals surface area contributed by atoms with E-state index >= 15 is 0 Å². The van der Waals surface area contributed by atoms with Crippen molar-refractivity contribution in [1.82, 2.24) is 19.5 Å². The zero-order valence-corrected chi connectivity index (χ0v) is 43.2. The maximum absolute atomic E-state index is 9.89. The molecular weight excluding hydrogens is 965 g/mol. The van der Waals surface area contributed by atoms with Crippen molar-refractivity contribution in [3.05, 3.63) is 296 Å². The summed E-state index contributed by atoms with van der Waals surface area (Å²) in [5.74, 6) is 1.73. The Balaban J connectivity index is 1.09. The minimum atomic E-state index is -2.97. The third-order valence-corrected chi connectivity index (χ3v) is 19.6. The Bertz CT molecular complexity index is 4180. The van der Waals surface area contributed by atoms with Crippen LogP contribution in [0.5, 0.6) is 0 Å². The first-order valence-corrected chi connectivity index (χ1v) is 27.9. The predicted molar refractivity (Wildman–Crippen MR) is 321 cm³/mol. The summed E-state index contributed by atoms with van der Waals surface area (Å²) in [7, 11) is -2.97. The zero-order chi connectivity index (χ0) is 52.4. The van der Waals surface area contributed by atoms with Crippen LogP contribution in [-0.4, -0.2) is 27.6 Å². The first kappa shape index (κ1) is 47.2. The van der Waals surface area contributed by atoms with Crippen LogP contribution in [0, 0.1) is 17.9 Å². The summed E-state index contributed by atoms with van der Waals surface area (Å²) in [5.41, 5.74) is 12.8. The van der Waals surface area contributed by atoms with Crippen molar-refractivity contribution in [3.8, 4) is 79.3 Å². The lowest BCUT2D eigenvalue weighted by molar-refractivity contribution is 1.07. The van der Waals surface area contributed by atoms with Gasteiger partial charge in [-0.1, -0.05) is 218 Å². The van der Waals surface area contributed by atoms with E-state index in [1.165, 1.54) is 20.7 Å². The second kappa shape index (κ2) is 20.3. The number of hydrogen-bond acceptors (Lipinski definition) is 4. The van der Waals surface area contributed by atoms with Gasteiger partial charge in [0.1, 0.15) is 0 Å². The van der Waals surface area contributed by atoms with E-state index in [9.17, 15) is 5.26 Å². The topological polar surface area (TPSA) is 71.8 Å². The number of fused-ring (bicyclic) bond motifs is 3. The van der Waals surface area contributed by atoms with Crippen molar-refractivity contribution >= 4 is 56.3 Å². The lowest BCUT2D eigenvalue weighted by Gasteiger charge is -2.34. The van der Waals surface area contributed by atoms with Crippen LogP contribution in [0.25, 0.3) is 99.9 Å². The van der Waals surface area contributed by atoms with E-state index in [-0.39, 0.29) is 0 Å². The van der Waals surface area contributed by atoms with E-state index in [0.717, 1.165) is 77.6 Å². The Labute approximate surface area is 454 Å². The SMILES string of the molecule is [C-]#[N+]c1cccc(-c2ccc3c(c2)c2cc(-c4cccc(C#N)c4)ccc2n3-c2ccc(-c3nc(-c4ccccc4)nc(-c4ccccc4)n3)c(-c3cccc([Si](c4ccccc4)(c4ccccc4)c4ccccc4)c3)c2)c1. The van der Waals surface area contributed by atoms with Crippen molar-refractivity contribution < 1.29 is 0 Å². The van der Waals surface area contributed by atoms with E-state index in [1.54, 1.807) is 0 Å². The van der Waals surface area contributed by atoms with Crippen LogP contribution in [0.1, 0.15) is 5.56 Å². The first-order valence-electron chi connectivity index (χ1n) is 25.9. The lowest BCUT2D eigenvalue weighted by Crippen LogP contribution is -2.74. The van der Waals surface area contributed by atoms with Crippen molar-refractivity contribution in [2.75, 3.05) is 0 Å². The molecule has 0 saturated heterocycles. The average molecular weight is 1010 g/mol. The molecule has 6 nitrogen and oxygen atoms in total. The van der Waals surface area contributed by atoms with E-state index in [2.05, 4.69) is 197 Å². The normalized spacial score (nSPS) is 11.3. The minimum absolute atomic E-state index is 0.560. The molecule has 2 aromatic heterocycles. The van der Waals surface area contributed by atoms with Gasteiger partial charge in [-0.05, 0) is 115 Å². The number of nitrogens with zero attached hydrogens (tertiary/aromatic N) is 6. The summed E-state index contributed by atoms with van der Waals surface area (Å²) < 4.78 is 2.35. The van der Waals surface area contributed by atoms with Crippen LogP contribution in [-0.2, 0) is 0 Å². The number of hydrogen-bond donors (Lipinski definition) is 0. The molecule has 13 aromatic rings. The molecule has 0 bridgehead atoms. The predicted octanol–water partition coefficient (Wildman–Crippen LogP) is 14.8. The van der Waals surface area contributed by atoms with Gasteiger partial charge in [0.15, 0.2) is 31.2 Å². The Morgan fingerprint density at radius 1 is 0.359 bits per heavy atom. The van der Waals surface area contributed by atoms with Crippen LogP contribution in [0.4, 0.5) is 5.69 Å². The summed E-state index contributed by atoms with van der Waals surface area (Å²) in [4.78, 5) is 19.5. The molecule has 364 valence electrons. The van der Waals surface area contributed by atoms with Gasteiger partial charge in [0.2, 0.25) is 0 Å². The average Bonchev–Trinajstić information content (AvgIpc) is 4.06. The molecule has 11 aromatic carbocycles. The second-order valence-electron chi connectivity index (χ2n) is 19.4. The molecule has 0 amide bonds. The molecule has 7 heteroatoms. The number of aromatic nitrogens is 4. The van der Waals surface area contributed by atoms with Crippen LogP contribution in [0.3, 0.4) is 0 Å². The molecule has 0 N–H and O–H groups in total. The fraction of sp³-hybridized carbons (Fsp3) is 0. The molecule has 13 rings (SSSR count). The van der Waals surface area contributed by atoms with Gasteiger partial charge in [-0.3, -0.25) is 0 Å². The lowest BCUT2D eigenvalue weighted by atomic mass is 9.98. The van der Waals surface area contributed by atoms with E-state index in [1.807, 2.05) is 97.1 Å². The van der Waals surface area contributed by atoms with E-state index in [4.69, 9.17) is 21.5 Å². The fourth-order valence-corrected chi connectivity index (χ4v) is 16.0. The van der Waals surface area contributed by atoms with Crippen molar-refractivity contribution in [2.24, 2.45) is 0 Å². The quantitative estimate of drug-likeness (QED) is 0.0735. The van der Waals surface area contributed by atoms with Crippen LogP contribution in [0.2, 0.25) is 0 Å². The smallest absolute Gasteiger partial charge is 0.187 e. The Kier molecular flexibility index (Phi) is 12.3. The third kappa shape index (κ3) is 8.53. The van der Waals surface area contributed by atoms with Gasteiger partial charge in [0.05, 0.1) is 29.2 Å². The van der Waals surface area contributed by atoms with E-state index < -0.39 is 8.07 Å². The number of rotatable bonds is 11. The molecule has 0 aliphatic heterocycles. The first-order chi connectivity index (χ1) is 38.5. The van der Waals surface area contributed by atoms with Gasteiger partial charge in [-0.2, -0.15) is 5.26 Å². The molecule has 0 aliphatic carbocycles. The molecule has 0 saturated carbocycles. The van der Waals surface area contributed by atoms with Crippen molar-refractivity contribution in [3.63, 3.8) is 0 Å². The molecule has 0 fully saturated rings. The largest absolute Gasteiger partial charge is 0.309 e. The number of nitriles is 1. The standard InChI is InChI=1S/C71H46N6Si/c1-73-57-28-18-26-53(43-57)55-37-41-68-66(46-55)65-45-54(52-25-17-20-49(42-52)48-72)36-40-67(65)77(68)58-38-39-63(71-75-69(50-21-7-2-8-22-50)74-70(76-71)51-23-9-3-10-24-51)64(47-58)56-27-19-35-62(44-56)78(59-29-11-4-12-30-59,60-31-13-5-14-32-60)61-33-15-6-16-34-61/h2-47H. The molecule has 0 atom stereocenters. The monoisotopic (exact) mass is 1010 g/mol. The third-order valence-electron chi connectivity index (χ3n) is 14.8. The highest BCUT2D eigenvalue weighted by Crippen LogP contribution is 2.41. The summed E-state index contributed by atoms with van der Waals surface area (Å²) in [6.07, 6.45) is 0. The summed E-state index contributed by atoms with van der Waals surface area (Å²) >= 11 is 0. The van der Waals surface area contributed by atoms with Gasteiger partial charge >= 0.3 is 0 Å². The van der Waals surface area contributed by atoms with E-state index in [0.29, 0.717) is 28.7 Å². The van der Waals surface area contributed by atoms with Gasteiger partial charge < -0.3 is 4.57 Å².